The van der Waals surface area contributed by atoms with Crippen LogP contribution in [0.1, 0.15) is 10.5 Å². The number of sulfonamides is 1. The molecular weight excluding hydrogens is 296 g/mol. The van der Waals surface area contributed by atoms with Gasteiger partial charge in [0, 0.05) is 12.7 Å². The minimum absolute atomic E-state index is 0.107. The number of benzene rings is 1. The van der Waals surface area contributed by atoms with Gasteiger partial charge in [0.1, 0.15) is 16.3 Å². The third-order valence-electron chi connectivity index (χ3n) is 2.78. The number of rotatable bonds is 4. The van der Waals surface area contributed by atoms with Gasteiger partial charge in [-0.3, -0.25) is 4.79 Å². The first-order valence-electron chi connectivity index (χ1n) is 5.81. The first-order chi connectivity index (χ1) is 9.82. The number of imidazole rings is 1. The van der Waals surface area contributed by atoms with E-state index in [0.717, 1.165) is 0 Å². The van der Waals surface area contributed by atoms with Crippen LogP contribution in [0.3, 0.4) is 0 Å². The standard InChI is InChI=1S/C12H14N4O4S/c1-16-7-14-6-9(16)12(17)15-8-3-4-10(20-2)11(5-8)21(13,18)19/h3-7H,1-2H3,(H,15,17)(H2,13,18,19). The Labute approximate surface area is 121 Å². The van der Waals surface area contributed by atoms with E-state index in [0.29, 0.717) is 5.69 Å². The summed E-state index contributed by atoms with van der Waals surface area (Å²) in [6, 6.07) is 4.17. The molecule has 0 unspecified atom stereocenters. The van der Waals surface area contributed by atoms with Crippen molar-refractivity contribution in [2.75, 3.05) is 12.4 Å². The Kier molecular flexibility index (Phi) is 3.96. The highest BCUT2D eigenvalue weighted by Gasteiger charge is 2.17. The molecule has 2 rings (SSSR count). The molecule has 0 aliphatic rings. The number of methoxy groups -OCH3 is 1. The van der Waals surface area contributed by atoms with Gasteiger partial charge in [-0.2, -0.15) is 0 Å². The molecule has 21 heavy (non-hydrogen) atoms. The molecule has 0 aliphatic heterocycles. The number of hydrogen-bond acceptors (Lipinski definition) is 5. The molecule has 2 aromatic rings. The highest BCUT2D eigenvalue weighted by Crippen LogP contribution is 2.26. The maximum absolute atomic E-state index is 12.0. The normalized spacial score (nSPS) is 11.2. The third-order valence-corrected chi connectivity index (χ3v) is 3.71. The van der Waals surface area contributed by atoms with E-state index in [4.69, 9.17) is 9.88 Å². The number of aryl methyl sites for hydroxylation is 1. The van der Waals surface area contributed by atoms with Gasteiger partial charge in [-0.1, -0.05) is 0 Å². The van der Waals surface area contributed by atoms with Crippen LogP contribution in [-0.2, 0) is 17.1 Å². The van der Waals surface area contributed by atoms with E-state index < -0.39 is 15.9 Å². The number of carbonyl (C=O) groups excluding carboxylic acids is 1. The van der Waals surface area contributed by atoms with Crippen LogP contribution in [0.15, 0.2) is 35.6 Å². The molecule has 1 amide bonds. The Bertz CT molecular complexity index is 782. The molecule has 1 aromatic heterocycles. The number of nitrogens with one attached hydrogen (secondary N) is 1. The van der Waals surface area contributed by atoms with Gasteiger partial charge < -0.3 is 14.6 Å². The average molecular weight is 310 g/mol. The van der Waals surface area contributed by atoms with Crippen molar-refractivity contribution in [1.82, 2.24) is 9.55 Å². The van der Waals surface area contributed by atoms with Crippen LogP contribution >= 0.6 is 0 Å². The second-order valence-corrected chi connectivity index (χ2v) is 5.78. The summed E-state index contributed by atoms with van der Waals surface area (Å²) in [6.07, 6.45) is 2.89. The largest absolute Gasteiger partial charge is 0.495 e. The number of hydrogen-bond donors (Lipinski definition) is 2. The second kappa shape index (κ2) is 5.54. The zero-order valence-corrected chi connectivity index (χ0v) is 12.2. The number of nitrogens with zero attached hydrogens (tertiary/aromatic N) is 2. The number of nitrogens with two attached hydrogens (primary N) is 1. The van der Waals surface area contributed by atoms with Crippen molar-refractivity contribution >= 4 is 21.6 Å². The molecule has 9 heteroatoms. The van der Waals surface area contributed by atoms with E-state index >= 15 is 0 Å². The minimum Gasteiger partial charge on any atom is -0.495 e. The molecule has 0 atom stereocenters. The lowest BCUT2D eigenvalue weighted by molar-refractivity contribution is 0.101. The van der Waals surface area contributed by atoms with Gasteiger partial charge in [0.05, 0.1) is 19.6 Å². The molecule has 112 valence electrons. The fraction of sp³-hybridized carbons (Fsp3) is 0.167. The molecule has 3 N–H and O–H groups in total. The monoisotopic (exact) mass is 310 g/mol. The van der Waals surface area contributed by atoms with Crippen LogP contribution in [0.4, 0.5) is 5.69 Å². The van der Waals surface area contributed by atoms with Gasteiger partial charge in [-0.15, -0.1) is 0 Å². The average Bonchev–Trinajstić information content (AvgIpc) is 2.84. The molecule has 0 saturated carbocycles. The van der Waals surface area contributed by atoms with Crippen molar-refractivity contribution < 1.29 is 17.9 Å². The van der Waals surface area contributed by atoms with Crippen LogP contribution in [0.25, 0.3) is 0 Å². The zero-order valence-electron chi connectivity index (χ0n) is 11.4. The van der Waals surface area contributed by atoms with Gasteiger partial charge in [-0.25, -0.2) is 18.5 Å². The molecule has 0 bridgehead atoms. The van der Waals surface area contributed by atoms with Crippen LogP contribution in [0, 0.1) is 0 Å². The Morgan fingerprint density at radius 2 is 2.14 bits per heavy atom. The molecule has 0 radical (unpaired) electrons. The quantitative estimate of drug-likeness (QED) is 0.844. The molecule has 0 saturated heterocycles. The third kappa shape index (κ3) is 3.20. The fourth-order valence-electron chi connectivity index (χ4n) is 1.75. The van der Waals surface area contributed by atoms with Crippen molar-refractivity contribution in [1.29, 1.82) is 0 Å². The highest BCUT2D eigenvalue weighted by molar-refractivity contribution is 7.89. The van der Waals surface area contributed by atoms with E-state index in [1.807, 2.05) is 0 Å². The van der Waals surface area contributed by atoms with Crippen LogP contribution in [0.5, 0.6) is 5.75 Å². The molecule has 0 fully saturated rings. The molecular formula is C12H14N4O4S. The Hall–Kier alpha value is -2.39. The zero-order chi connectivity index (χ0) is 15.6. The SMILES string of the molecule is COc1ccc(NC(=O)c2cncn2C)cc1S(N)(=O)=O. The van der Waals surface area contributed by atoms with Gasteiger partial charge in [-0.05, 0) is 18.2 Å². The predicted octanol–water partition coefficient (Wildman–Crippen LogP) is 0.328. The fourth-order valence-corrected chi connectivity index (χ4v) is 2.47. The van der Waals surface area contributed by atoms with E-state index in [9.17, 15) is 13.2 Å². The van der Waals surface area contributed by atoms with Crippen molar-refractivity contribution in [3.05, 3.63) is 36.4 Å². The molecule has 0 aliphatic carbocycles. The van der Waals surface area contributed by atoms with E-state index in [1.54, 1.807) is 11.6 Å². The predicted molar refractivity (Wildman–Crippen MR) is 75.5 cm³/mol. The van der Waals surface area contributed by atoms with Crippen molar-refractivity contribution in [2.24, 2.45) is 12.2 Å². The lowest BCUT2D eigenvalue weighted by atomic mass is 10.3. The number of amides is 1. The molecule has 0 spiro atoms. The van der Waals surface area contributed by atoms with Gasteiger partial charge >= 0.3 is 0 Å². The molecule has 1 aromatic carbocycles. The lowest BCUT2D eigenvalue weighted by Gasteiger charge is -2.10. The van der Waals surface area contributed by atoms with Crippen molar-refractivity contribution in [3.63, 3.8) is 0 Å². The summed E-state index contributed by atoms with van der Waals surface area (Å²) < 4.78 is 29.5. The minimum atomic E-state index is -3.96. The van der Waals surface area contributed by atoms with Crippen LogP contribution in [-0.4, -0.2) is 31.0 Å². The summed E-state index contributed by atoms with van der Waals surface area (Å²) in [7, 11) is -0.956. The molecule has 1 heterocycles. The number of carbonyl (C=O) groups is 1. The van der Waals surface area contributed by atoms with Gasteiger partial charge in [0.2, 0.25) is 10.0 Å². The summed E-state index contributed by atoms with van der Waals surface area (Å²) >= 11 is 0. The van der Waals surface area contributed by atoms with Crippen molar-refractivity contribution in [2.45, 2.75) is 4.90 Å². The van der Waals surface area contributed by atoms with Crippen molar-refractivity contribution in [3.8, 4) is 5.75 Å². The highest BCUT2D eigenvalue weighted by atomic mass is 32.2. The number of anilines is 1. The van der Waals surface area contributed by atoms with Gasteiger partial charge in [0.15, 0.2) is 0 Å². The summed E-state index contributed by atoms with van der Waals surface area (Å²) in [5, 5.41) is 7.69. The van der Waals surface area contributed by atoms with Crippen LogP contribution in [0.2, 0.25) is 0 Å². The second-order valence-electron chi connectivity index (χ2n) is 4.25. The topological polar surface area (TPSA) is 116 Å². The van der Waals surface area contributed by atoms with Gasteiger partial charge in [0.25, 0.3) is 5.91 Å². The summed E-state index contributed by atoms with van der Waals surface area (Å²) in [6.45, 7) is 0. The first-order valence-corrected chi connectivity index (χ1v) is 7.36. The lowest BCUT2D eigenvalue weighted by Crippen LogP contribution is -2.17. The Morgan fingerprint density at radius 3 is 2.67 bits per heavy atom. The van der Waals surface area contributed by atoms with E-state index in [-0.39, 0.29) is 16.3 Å². The maximum Gasteiger partial charge on any atom is 0.273 e. The van der Waals surface area contributed by atoms with E-state index in [1.165, 1.54) is 37.8 Å². The number of primary sulfonamides is 1. The first kappa shape index (κ1) is 15.0. The smallest absolute Gasteiger partial charge is 0.273 e. The Balaban J connectivity index is 2.34. The Morgan fingerprint density at radius 1 is 1.43 bits per heavy atom. The summed E-state index contributed by atoms with van der Waals surface area (Å²) in [4.78, 5) is 15.7. The maximum atomic E-state index is 12.0. The van der Waals surface area contributed by atoms with E-state index in [2.05, 4.69) is 10.3 Å². The van der Waals surface area contributed by atoms with Crippen LogP contribution < -0.4 is 15.2 Å². The number of aromatic nitrogens is 2. The summed E-state index contributed by atoms with van der Waals surface area (Å²) in [5.41, 5.74) is 0.619. The number of ether oxygens (including phenoxy) is 1. The molecule has 8 nitrogen and oxygen atoms in total. The summed E-state index contributed by atoms with van der Waals surface area (Å²) in [5.74, 6) is -0.309.